The number of carbonyl (C=O) groups is 2. The molecule has 1 aliphatic rings. The van der Waals surface area contributed by atoms with Gasteiger partial charge in [0.15, 0.2) is 23.0 Å². The number of ketones is 1. The number of aliphatic carboxylic acids is 1. The molecule has 1 aliphatic carbocycles. The Kier molecular flexibility index (Phi) is 5.29. The van der Waals surface area contributed by atoms with E-state index in [9.17, 15) is 24.6 Å². The summed E-state index contributed by atoms with van der Waals surface area (Å²) in [5.74, 6) is -4.05. The molecule has 0 bridgehead atoms. The SMILES string of the molecule is N/C(C(=O)O)=C(O)/C(O)=C(\Br)C(=O)C1C=CC=CC1=C=O. The molecule has 21 heavy (non-hydrogen) atoms. The van der Waals surface area contributed by atoms with Crippen molar-refractivity contribution in [3.8, 4) is 0 Å². The standard InChI is InChI=1S/C13H10BrNO6/c14-8(11(18)12(19)9(15)13(20)21)10(17)7-4-2-1-3-6(7)5-16/h1-4,7,18-19H,15H2,(H,20,21)/b11-8+,12-9-. The molecule has 1 atom stereocenters. The molecular weight excluding hydrogens is 346 g/mol. The Morgan fingerprint density at radius 2 is 1.81 bits per heavy atom. The molecule has 1 rings (SSSR count). The summed E-state index contributed by atoms with van der Waals surface area (Å²) in [6.45, 7) is 0. The van der Waals surface area contributed by atoms with E-state index in [0.717, 1.165) is 0 Å². The van der Waals surface area contributed by atoms with Gasteiger partial charge in [-0.1, -0.05) is 18.2 Å². The molecule has 0 fully saturated rings. The number of carbonyl (C=O) groups excluding carboxylic acids is 2. The minimum absolute atomic E-state index is 0.0296. The van der Waals surface area contributed by atoms with Crippen LogP contribution in [0, 0.1) is 5.92 Å². The number of aliphatic hydroxyl groups is 2. The number of allylic oxidation sites excluding steroid dienone is 6. The van der Waals surface area contributed by atoms with Crippen LogP contribution in [-0.2, 0) is 14.4 Å². The topological polar surface area (TPSA) is 138 Å². The lowest BCUT2D eigenvalue weighted by Gasteiger charge is -2.13. The summed E-state index contributed by atoms with van der Waals surface area (Å²) in [6, 6.07) is 0. The third-order valence-corrected chi connectivity index (χ3v) is 3.33. The summed E-state index contributed by atoms with van der Waals surface area (Å²) in [4.78, 5) is 33.5. The number of carboxylic acid groups (broad SMARTS) is 1. The van der Waals surface area contributed by atoms with Gasteiger partial charge in [0.05, 0.1) is 11.5 Å². The van der Waals surface area contributed by atoms with Gasteiger partial charge in [-0.25, -0.2) is 9.59 Å². The highest BCUT2D eigenvalue weighted by molar-refractivity contribution is 9.12. The smallest absolute Gasteiger partial charge is 0.355 e. The molecule has 7 nitrogen and oxygen atoms in total. The van der Waals surface area contributed by atoms with E-state index in [2.05, 4.69) is 15.9 Å². The average molecular weight is 356 g/mol. The Bertz CT molecular complexity index is 664. The van der Waals surface area contributed by atoms with Crippen LogP contribution in [0.25, 0.3) is 0 Å². The predicted octanol–water partition coefficient (Wildman–Crippen LogP) is 1.03. The third kappa shape index (κ3) is 3.50. The molecule has 0 aromatic carbocycles. The van der Waals surface area contributed by atoms with Crippen molar-refractivity contribution in [1.29, 1.82) is 0 Å². The van der Waals surface area contributed by atoms with E-state index in [4.69, 9.17) is 10.8 Å². The molecule has 0 saturated carbocycles. The van der Waals surface area contributed by atoms with Crippen molar-refractivity contribution < 1.29 is 29.7 Å². The lowest BCUT2D eigenvalue weighted by molar-refractivity contribution is -0.133. The highest BCUT2D eigenvalue weighted by Crippen LogP contribution is 2.26. The monoisotopic (exact) mass is 355 g/mol. The van der Waals surface area contributed by atoms with Crippen LogP contribution >= 0.6 is 15.9 Å². The van der Waals surface area contributed by atoms with Crippen LogP contribution in [-0.4, -0.2) is 33.0 Å². The Morgan fingerprint density at radius 3 is 2.33 bits per heavy atom. The van der Waals surface area contributed by atoms with Crippen molar-refractivity contribution in [2.45, 2.75) is 0 Å². The quantitative estimate of drug-likeness (QED) is 0.255. The van der Waals surface area contributed by atoms with Crippen molar-refractivity contribution >= 4 is 33.6 Å². The van der Waals surface area contributed by atoms with E-state index in [1.165, 1.54) is 24.3 Å². The normalized spacial score (nSPS) is 19.5. The van der Waals surface area contributed by atoms with E-state index in [0.29, 0.717) is 0 Å². The van der Waals surface area contributed by atoms with Crippen molar-refractivity contribution in [3.05, 3.63) is 51.6 Å². The molecule has 5 N–H and O–H groups in total. The molecule has 0 aromatic heterocycles. The fourth-order valence-corrected chi connectivity index (χ4v) is 1.89. The molecule has 0 heterocycles. The first kappa shape index (κ1) is 16.5. The fraction of sp³-hybridized carbons (Fsp3) is 0.0769. The lowest BCUT2D eigenvalue weighted by Crippen LogP contribution is -2.19. The molecule has 0 radical (unpaired) electrons. The highest BCUT2D eigenvalue weighted by atomic mass is 79.9. The Labute approximate surface area is 127 Å². The minimum atomic E-state index is -1.67. The molecule has 0 aliphatic heterocycles. The third-order valence-electron chi connectivity index (χ3n) is 2.56. The second kappa shape index (κ2) is 6.74. The van der Waals surface area contributed by atoms with E-state index < -0.39 is 39.4 Å². The van der Waals surface area contributed by atoms with Crippen molar-refractivity contribution in [2.24, 2.45) is 11.7 Å². The van der Waals surface area contributed by atoms with Crippen molar-refractivity contribution in [3.63, 3.8) is 0 Å². The van der Waals surface area contributed by atoms with E-state index in [1.54, 1.807) is 5.94 Å². The largest absolute Gasteiger partial charge is 0.503 e. The van der Waals surface area contributed by atoms with Gasteiger partial charge >= 0.3 is 5.97 Å². The first-order chi connectivity index (χ1) is 9.81. The van der Waals surface area contributed by atoms with Gasteiger partial charge < -0.3 is 21.1 Å². The van der Waals surface area contributed by atoms with Gasteiger partial charge in [-0.2, -0.15) is 0 Å². The van der Waals surface area contributed by atoms with Gasteiger partial charge in [-0.3, -0.25) is 4.79 Å². The van der Waals surface area contributed by atoms with Gasteiger partial charge in [-0.15, -0.1) is 0 Å². The van der Waals surface area contributed by atoms with Crippen molar-refractivity contribution in [2.75, 3.05) is 0 Å². The van der Waals surface area contributed by atoms with Gasteiger partial charge in [0, 0.05) is 0 Å². The Hall–Kier alpha value is -2.57. The molecule has 0 saturated heterocycles. The second-order valence-electron chi connectivity index (χ2n) is 3.87. The number of hydrogen-bond acceptors (Lipinski definition) is 6. The summed E-state index contributed by atoms with van der Waals surface area (Å²) < 4.78 is -0.512. The lowest BCUT2D eigenvalue weighted by atomic mass is 9.91. The maximum absolute atomic E-state index is 12.1. The fourth-order valence-electron chi connectivity index (χ4n) is 1.45. The van der Waals surface area contributed by atoms with Crippen LogP contribution in [0.5, 0.6) is 0 Å². The average Bonchev–Trinajstić information content (AvgIpc) is 2.50. The Morgan fingerprint density at radius 1 is 1.19 bits per heavy atom. The summed E-state index contributed by atoms with van der Waals surface area (Å²) >= 11 is 2.76. The van der Waals surface area contributed by atoms with Gasteiger partial charge in [0.2, 0.25) is 0 Å². The molecule has 1 unspecified atom stereocenters. The molecule has 0 aromatic rings. The van der Waals surface area contributed by atoms with Crippen molar-refractivity contribution in [1.82, 2.24) is 0 Å². The van der Waals surface area contributed by atoms with Crippen LogP contribution in [0.1, 0.15) is 0 Å². The molecule has 0 spiro atoms. The van der Waals surface area contributed by atoms with Gasteiger partial charge in [-0.05, 0) is 22.0 Å². The number of hydrogen-bond donors (Lipinski definition) is 4. The summed E-state index contributed by atoms with van der Waals surface area (Å²) in [5.41, 5.74) is 4.05. The number of aliphatic hydroxyl groups excluding tert-OH is 2. The van der Waals surface area contributed by atoms with Crippen LogP contribution < -0.4 is 5.73 Å². The number of carboxylic acids is 1. The zero-order valence-electron chi connectivity index (χ0n) is 10.4. The van der Waals surface area contributed by atoms with Crippen LogP contribution in [0.3, 0.4) is 0 Å². The number of Topliss-reactive ketones (excluding diaryl/α,β-unsaturated/α-hetero) is 1. The molecule has 0 amide bonds. The number of halogens is 1. The van der Waals surface area contributed by atoms with E-state index >= 15 is 0 Å². The zero-order valence-corrected chi connectivity index (χ0v) is 12.0. The first-order valence-electron chi connectivity index (χ1n) is 5.46. The molecule has 110 valence electrons. The maximum atomic E-state index is 12.1. The second-order valence-corrected chi connectivity index (χ2v) is 4.67. The first-order valence-corrected chi connectivity index (χ1v) is 6.25. The number of rotatable bonds is 4. The van der Waals surface area contributed by atoms with Gasteiger partial charge in [0.25, 0.3) is 0 Å². The van der Waals surface area contributed by atoms with Gasteiger partial charge in [0.1, 0.15) is 10.4 Å². The number of nitrogens with two attached hydrogens (primary N) is 1. The summed E-state index contributed by atoms with van der Waals surface area (Å²) in [5, 5.41) is 27.7. The predicted molar refractivity (Wildman–Crippen MR) is 76.0 cm³/mol. The van der Waals surface area contributed by atoms with Crippen LogP contribution in [0.4, 0.5) is 0 Å². The summed E-state index contributed by atoms with van der Waals surface area (Å²) in [6.07, 6.45) is 5.80. The van der Waals surface area contributed by atoms with Crippen LogP contribution in [0.15, 0.2) is 51.6 Å². The zero-order chi connectivity index (χ0) is 16.2. The molecule has 8 heteroatoms. The van der Waals surface area contributed by atoms with E-state index in [-0.39, 0.29) is 5.57 Å². The highest BCUT2D eigenvalue weighted by Gasteiger charge is 2.27. The molecular formula is C13H10BrNO6. The van der Waals surface area contributed by atoms with E-state index in [1.807, 2.05) is 0 Å². The minimum Gasteiger partial charge on any atom is -0.503 e. The maximum Gasteiger partial charge on any atom is 0.355 e. The van der Waals surface area contributed by atoms with Crippen LogP contribution in [0.2, 0.25) is 0 Å². The summed E-state index contributed by atoms with van der Waals surface area (Å²) in [7, 11) is 0. The Balaban J connectivity index is 3.24.